The molecule has 3 aromatic rings. The highest BCUT2D eigenvalue weighted by Gasteiger charge is 2.40. The lowest BCUT2D eigenvalue weighted by molar-refractivity contribution is -0.143. The summed E-state index contributed by atoms with van der Waals surface area (Å²) in [4.78, 5) is 14.8. The third kappa shape index (κ3) is 6.06. The van der Waals surface area contributed by atoms with Gasteiger partial charge in [0.05, 0.1) is 22.3 Å². The molecule has 0 saturated carbocycles. The molecule has 36 heavy (non-hydrogen) atoms. The molecule has 8 nitrogen and oxygen atoms in total. The van der Waals surface area contributed by atoms with E-state index in [9.17, 15) is 26.4 Å². The molecule has 0 atom stereocenters. The van der Waals surface area contributed by atoms with Gasteiger partial charge in [0.25, 0.3) is 5.91 Å². The first-order valence-electron chi connectivity index (χ1n) is 11.1. The van der Waals surface area contributed by atoms with Crippen molar-refractivity contribution < 1.29 is 26.4 Å². The Balaban J connectivity index is 1.52. The predicted octanol–water partition coefficient (Wildman–Crippen LogP) is 4.17. The fraction of sp³-hybridized carbons (Fsp3) is 0.304. The van der Waals surface area contributed by atoms with E-state index in [1.807, 2.05) is 0 Å². The topological polar surface area (TPSA) is 96.3 Å². The van der Waals surface area contributed by atoms with Crippen LogP contribution in [0.25, 0.3) is 5.69 Å². The molecule has 1 amide bonds. The average molecular weight is 542 g/mol. The number of alkyl halides is 3. The Morgan fingerprint density at radius 2 is 1.78 bits per heavy atom. The number of hydrogen-bond donors (Lipinski definition) is 2. The zero-order valence-electron chi connectivity index (χ0n) is 18.9. The minimum atomic E-state index is -4.90. The Hall–Kier alpha value is -2.93. The number of rotatable bonds is 8. The molecule has 1 fully saturated rings. The maximum absolute atomic E-state index is 13.9. The molecule has 1 aromatic heterocycles. The van der Waals surface area contributed by atoms with Crippen LogP contribution in [0.4, 0.5) is 18.9 Å². The van der Waals surface area contributed by atoms with E-state index in [2.05, 4.69) is 20.0 Å². The molecule has 0 radical (unpaired) electrons. The molecule has 1 aliphatic rings. The van der Waals surface area contributed by atoms with Crippen molar-refractivity contribution in [3.8, 4) is 5.69 Å². The van der Waals surface area contributed by atoms with Gasteiger partial charge in [0.2, 0.25) is 10.0 Å². The number of aromatic nitrogens is 2. The van der Waals surface area contributed by atoms with Crippen LogP contribution in [0.2, 0.25) is 5.02 Å². The number of halogens is 4. The monoisotopic (exact) mass is 541 g/mol. The number of anilines is 1. The molecule has 0 aliphatic carbocycles. The average Bonchev–Trinajstić information content (AvgIpc) is 3.50. The van der Waals surface area contributed by atoms with Gasteiger partial charge in [0.15, 0.2) is 5.69 Å². The van der Waals surface area contributed by atoms with Crippen LogP contribution in [0.1, 0.15) is 28.9 Å². The summed E-state index contributed by atoms with van der Waals surface area (Å²) in [5.74, 6) is -1.08. The zero-order chi connectivity index (χ0) is 25.9. The van der Waals surface area contributed by atoms with Crippen molar-refractivity contribution in [1.29, 1.82) is 0 Å². The number of hydrogen-bond acceptors (Lipinski definition) is 5. The van der Waals surface area contributed by atoms with Crippen molar-refractivity contribution in [1.82, 2.24) is 19.4 Å². The van der Waals surface area contributed by atoms with Crippen molar-refractivity contribution in [3.05, 3.63) is 71.0 Å². The minimum Gasteiger partial charge on any atom is -0.322 e. The predicted molar refractivity (Wildman–Crippen MR) is 129 cm³/mol. The number of nitrogens with zero attached hydrogens (tertiary/aromatic N) is 3. The van der Waals surface area contributed by atoms with Crippen LogP contribution in [0, 0.1) is 0 Å². The third-order valence-corrected chi connectivity index (χ3v) is 7.39. The largest absolute Gasteiger partial charge is 0.434 e. The van der Waals surface area contributed by atoms with Crippen LogP contribution in [-0.4, -0.2) is 55.2 Å². The highest BCUT2D eigenvalue weighted by Crippen LogP contribution is 2.34. The highest BCUT2D eigenvalue weighted by atomic mass is 35.5. The lowest BCUT2D eigenvalue weighted by atomic mass is 10.2. The van der Waals surface area contributed by atoms with E-state index in [1.54, 1.807) is 0 Å². The SMILES string of the molecule is O=C(Nc1cccc(S(=O)(=O)NCCN2CCCC2)c1)c1cnn(-c2ccc(Cl)cc2)c1C(F)(F)F. The Labute approximate surface area is 211 Å². The standard InChI is InChI=1S/C23H23ClF3N5O3S/c24-16-6-8-18(9-7-16)32-21(23(25,26)27)20(15-28-32)22(33)30-17-4-3-5-19(14-17)36(34,35)29-10-13-31-11-1-2-12-31/h3-9,14-15,29H,1-2,10-13H2,(H,30,33). The molecule has 192 valence electrons. The van der Waals surface area contributed by atoms with Gasteiger partial charge < -0.3 is 10.2 Å². The van der Waals surface area contributed by atoms with E-state index in [0.717, 1.165) is 32.1 Å². The van der Waals surface area contributed by atoms with Gasteiger partial charge in [-0.3, -0.25) is 4.79 Å². The zero-order valence-corrected chi connectivity index (χ0v) is 20.5. The Morgan fingerprint density at radius 3 is 2.44 bits per heavy atom. The second-order valence-corrected chi connectivity index (χ2v) is 10.4. The van der Waals surface area contributed by atoms with Crippen LogP contribution in [0.15, 0.2) is 59.6 Å². The molecule has 1 aliphatic heterocycles. The number of nitrogens with one attached hydrogen (secondary N) is 2. The van der Waals surface area contributed by atoms with Gasteiger partial charge in [-0.05, 0) is 68.4 Å². The van der Waals surface area contributed by atoms with Crippen molar-refractivity contribution in [2.45, 2.75) is 23.9 Å². The molecule has 0 unspecified atom stereocenters. The van der Waals surface area contributed by atoms with Crippen LogP contribution >= 0.6 is 11.6 Å². The van der Waals surface area contributed by atoms with Gasteiger partial charge in [-0.25, -0.2) is 17.8 Å². The third-order valence-electron chi connectivity index (χ3n) is 5.67. The fourth-order valence-electron chi connectivity index (χ4n) is 3.93. The van der Waals surface area contributed by atoms with Crippen LogP contribution in [-0.2, 0) is 16.2 Å². The summed E-state index contributed by atoms with van der Waals surface area (Å²) in [6.07, 6.45) is -1.91. The van der Waals surface area contributed by atoms with Gasteiger partial charge in [0.1, 0.15) is 0 Å². The number of carbonyl (C=O) groups excluding carboxylic acids is 1. The summed E-state index contributed by atoms with van der Waals surface area (Å²) in [6, 6.07) is 10.8. The van der Waals surface area contributed by atoms with E-state index in [4.69, 9.17) is 11.6 Å². The first kappa shape index (κ1) is 26.1. The van der Waals surface area contributed by atoms with Gasteiger partial charge in [0, 0.05) is 23.8 Å². The van der Waals surface area contributed by atoms with E-state index < -0.39 is 33.4 Å². The first-order chi connectivity index (χ1) is 17.0. The minimum absolute atomic E-state index is 0.0229. The van der Waals surface area contributed by atoms with Crippen molar-refractivity contribution in [2.24, 2.45) is 0 Å². The van der Waals surface area contributed by atoms with Crippen molar-refractivity contribution >= 4 is 33.2 Å². The summed E-state index contributed by atoms with van der Waals surface area (Å²) >= 11 is 5.81. The lowest BCUT2D eigenvalue weighted by Gasteiger charge is -2.15. The molecule has 2 aromatic carbocycles. The van der Waals surface area contributed by atoms with Crippen molar-refractivity contribution in [2.75, 3.05) is 31.5 Å². The highest BCUT2D eigenvalue weighted by molar-refractivity contribution is 7.89. The van der Waals surface area contributed by atoms with Crippen LogP contribution in [0.5, 0.6) is 0 Å². The summed E-state index contributed by atoms with van der Waals surface area (Å²) in [7, 11) is -3.88. The molecule has 1 saturated heterocycles. The Bertz CT molecular complexity index is 1340. The fourth-order valence-corrected chi connectivity index (χ4v) is 5.13. The molecule has 13 heteroatoms. The summed E-state index contributed by atoms with van der Waals surface area (Å²) in [5.41, 5.74) is -1.89. The number of sulfonamides is 1. The summed E-state index contributed by atoms with van der Waals surface area (Å²) < 4.78 is 70.2. The smallest absolute Gasteiger partial charge is 0.322 e. The van der Waals surface area contributed by atoms with Crippen LogP contribution < -0.4 is 10.0 Å². The summed E-state index contributed by atoms with van der Waals surface area (Å²) in [6.45, 7) is 2.65. The maximum Gasteiger partial charge on any atom is 0.434 e. The lowest BCUT2D eigenvalue weighted by Crippen LogP contribution is -2.33. The maximum atomic E-state index is 13.9. The van der Waals surface area contributed by atoms with Gasteiger partial charge >= 0.3 is 6.18 Å². The number of likely N-dealkylation sites (tertiary alicyclic amines) is 1. The second kappa shape index (κ2) is 10.6. The number of benzene rings is 2. The molecule has 2 N–H and O–H groups in total. The molecule has 0 spiro atoms. The van der Waals surface area contributed by atoms with E-state index in [0.29, 0.717) is 16.2 Å². The number of carbonyl (C=O) groups is 1. The molecule has 2 heterocycles. The molecular formula is C23H23ClF3N5O3S. The van der Waals surface area contributed by atoms with Gasteiger partial charge in [-0.15, -0.1) is 0 Å². The Kier molecular flexibility index (Phi) is 7.69. The van der Waals surface area contributed by atoms with Gasteiger partial charge in [-0.1, -0.05) is 17.7 Å². The van der Waals surface area contributed by atoms with E-state index >= 15 is 0 Å². The normalized spacial score (nSPS) is 14.8. The first-order valence-corrected chi connectivity index (χ1v) is 13.0. The van der Waals surface area contributed by atoms with E-state index in [-0.39, 0.29) is 22.8 Å². The van der Waals surface area contributed by atoms with E-state index in [1.165, 1.54) is 48.5 Å². The quantitative estimate of drug-likeness (QED) is 0.446. The summed E-state index contributed by atoms with van der Waals surface area (Å²) in [5, 5.41) is 6.43. The van der Waals surface area contributed by atoms with Crippen molar-refractivity contribution in [3.63, 3.8) is 0 Å². The molecule has 4 rings (SSSR count). The molecular weight excluding hydrogens is 519 g/mol. The second-order valence-electron chi connectivity index (χ2n) is 8.22. The molecule has 0 bridgehead atoms. The Morgan fingerprint density at radius 1 is 1.08 bits per heavy atom. The number of amides is 1. The van der Waals surface area contributed by atoms with Gasteiger partial charge in [-0.2, -0.15) is 18.3 Å². The van der Waals surface area contributed by atoms with Crippen LogP contribution in [0.3, 0.4) is 0 Å².